The number of methoxy groups -OCH3 is 1. The number of carbonyl (C=O) groups excluding carboxylic acids is 2. The van der Waals surface area contributed by atoms with E-state index in [0.717, 1.165) is 0 Å². The first-order valence-corrected chi connectivity index (χ1v) is 5.49. The van der Waals surface area contributed by atoms with Crippen LogP contribution in [0.4, 0.5) is 5.69 Å². The Bertz CT molecular complexity index is 485. The zero-order valence-corrected chi connectivity index (χ0v) is 10.1. The molecule has 96 valence electrons. The van der Waals surface area contributed by atoms with E-state index in [1.165, 1.54) is 7.11 Å². The van der Waals surface area contributed by atoms with Gasteiger partial charge in [0.05, 0.1) is 12.8 Å². The lowest BCUT2D eigenvalue weighted by Gasteiger charge is -2.25. The lowest BCUT2D eigenvalue weighted by atomic mass is 10.2. The Balaban J connectivity index is 2.18. The van der Waals surface area contributed by atoms with Crippen LogP contribution in [0.5, 0.6) is 11.5 Å². The fourth-order valence-electron chi connectivity index (χ4n) is 1.48. The standard InChI is InChI=1S/C12H13NO5/c1-3-10(14)18-12-11(15)13-8-6-7(16-2)4-5-9(8)17-12/h4-6,12H,3H2,1-2H3,(H,13,15). The van der Waals surface area contributed by atoms with Gasteiger partial charge in [-0.25, -0.2) is 0 Å². The molecule has 1 aromatic rings. The van der Waals surface area contributed by atoms with Crippen molar-refractivity contribution < 1.29 is 23.8 Å². The van der Waals surface area contributed by atoms with Crippen molar-refractivity contribution >= 4 is 17.6 Å². The summed E-state index contributed by atoms with van der Waals surface area (Å²) in [7, 11) is 1.53. The summed E-state index contributed by atoms with van der Waals surface area (Å²) in [5.41, 5.74) is 0.489. The predicted octanol–water partition coefficient (Wildman–Crippen LogP) is 1.31. The summed E-state index contributed by atoms with van der Waals surface area (Å²) < 4.78 is 15.2. The molecular weight excluding hydrogens is 238 g/mol. The molecule has 6 heteroatoms. The van der Waals surface area contributed by atoms with Gasteiger partial charge in [-0.2, -0.15) is 0 Å². The Morgan fingerprint density at radius 2 is 2.28 bits per heavy atom. The molecule has 0 spiro atoms. The Hall–Kier alpha value is -2.24. The van der Waals surface area contributed by atoms with Crippen molar-refractivity contribution in [2.24, 2.45) is 0 Å². The highest BCUT2D eigenvalue weighted by atomic mass is 16.7. The van der Waals surface area contributed by atoms with Gasteiger partial charge in [-0.05, 0) is 12.1 Å². The molecule has 18 heavy (non-hydrogen) atoms. The van der Waals surface area contributed by atoms with Crippen molar-refractivity contribution in [3.63, 3.8) is 0 Å². The molecule has 1 amide bonds. The average molecular weight is 251 g/mol. The molecule has 0 bridgehead atoms. The van der Waals surface area contributed by atoms with Gasteiger partial charge in [0, 0.05) is 12.5 Å². The highest BCUT2D eigenvalue weighted by Crippen LogP contribution is 2.33. The van der Waals surface area contributed by atoms with Crippen LogP contribution < -0.4 is 14.8 Å². The summed E-state index contributed by atoms with van der Waals surface area (Å²) in [5, 5.41) is 2.59. The summed E-state index contributed by atoms with van der Waals surface area (Å²) in [5.74, 6) is 0.0237. The minimum absolute atomic E-state index is 0.183. The van der Waals surface area contributed by atoms with Gasteiger partial charge in [-0.1, -0.05) is 6.92 Å². The normalized spacial score (nSPS) is 17.2. The van der Waals surface area contributed by atoms with Crippen LogP contribution in [0.1, 0.15) is 13.3 Å². The van der Waals surface area contributed by atoms with Crippen molar-refractivity contribution in [1.82, 2.24) is 0 Å². The molecule has 1 aliphatic heterocycles. The predicted molar refractivity (Wildman–Crippen MR) is 62.4 cm³/mol. The maximum absolute atomic E-state index is 11.7. The molecule has 1 unspecified atom stereocenters. The molecule has 1 aliphatic rings. The van der Waals surface area contributed by atoms with Gasteiger partial charge >= 0.3 is 18.2 Å². The SMILES string of the molecule is CCC(=O)OC1Oc2ccc(OC)cc2NC1=O. The van der Waals surface area contributed by atoms with E-state index in [1.54, 1.807) is 25.1 Å². The van der Waals surface area contributed by atoms with Gasteiger partial charge < -0.3 is 19.5 Å². The Labute approximate surface area is 104 Å². The minimum atomic E-state index is -1.24. The van der Waals surface area contributed by atoms with Gasteiger partial charge in [0.25, 0.3) is 0 Å². The molecule has 1 heterocycles. The fraction of sp³-hybridized carbons (Fsp3) is 0.333. The van der Waals surface area contributed by atoms with Gasteiger partial charge in [-0.3, -0.25) is 9.59 Å². The molecule has 2 rings (SSSR count). The molecule has 0 fully saturated rings. The number of amides is 1. The number of ether oxygens (including phenoxy) is 3. The molecule has 0 radical (unpaired) electrons. The number of hydrogen-bond donors (Lipinski definition) is 1. The number of hydrogen-bond acceptors (Lipinski definition) is 5. The molecule has 0 saturated carbocycles. The number of anilines is 1. The van der Waals surface area contributed by atoms with Crippen LogP contribution in [0, 0.1) is 0 Å². The lowest BCUT2D eigenvalue weighted by Crippen LogP contribution is -2.40. The first-order chi connectivity index (χ1) is 8.63. The monoisotopic (exact) mass is 251 g/mol. The van der Waals surface area contributed by atoms with Crippen LogP contribution in [0.15, 0.2) is 18.2 Å². The molecule has 1 N–H and O–H groups in total. The number of rotatable bonds is 3. The lowest BCUT2D eigenvalue weighted by molar-refractivity contribution is -0.170. The number of esters is 1. The molecule has 1 atom stereocenters. The van der Waals surface area contributed by atoms with Gasteiger partial charge in [0.1, 0.15) is 11.5 Å². The van der Waals surface area contributed by atoms with Crippen molar-refractivity contribution in [1.29, 1.82) is 0 Å². The van der Waals surface area contributed by atoms with Crippen LogP contribution >= 0.6 is 0 Å². The number of nitrogens with one attached hydrogen (secondary N) is 1. The van der Waals surface area contributed by atoms with E-state index in [4.69, 9.17) is 14.2 Å². The topological polar surface area (TPSA) is 73.9 Å². The van der Waals surface area contributed by atoms with Crippen molar-refractivity contribution in [2.75, 3.05) is 12.4 Å². The van der Waals surface area contributed by atoms with E-state index < -0.39 is 18.2 Å². The van der Waals surface area contributed by atoms with E-state index in [9.17, 15) is 9.59 Å². The summed E-state index contributed by atoms with van der Waals surface area (Å²) in [6.45, 7) is 1.64. The first-order valence-electron chi connectivity index (χ1n) is 5.49. The van der Waals surface area contributed by atoms with Crippen LogP contribution in [-0.2, 0) is 14.3 Å². The number of carbonyl (C=O) groups is 2. The third-order valence-electron chi connectivity index (χ3n) is 2.42. The van der Waals surface area contributed by atoms with Crippen LogP contribution in [0.3, 0.4) is 0 Å². The zero-order valence-electron chi connectivity index (χ0n) is 10.1. The van der Waals surface area contributed by atoms with Gasteiger partial charge in [0.2, 0.25) is 0 Å². The van der Waals surface area contributed by atoms with Gasteiger partial charge in [0.15, 0.2) is 0 Å². The van der Waals surface area contributed by atoms with Gasteiger partial charge in [-0.15, -0.1) is 0 Å². The van der Waals surface area contributed by atoms with Crippen LogP contribution in [0.2, 0.25) is 0 Å². The summed E-state index contributed by atoms with van der Waals surface area (Å²) in [6.07, 6.45) is -1.05. The van der Waals surface area contributed by atoms with E-state index in [2.05, 4.69) is 5.32 Å². The zero-order chi connectivity index (χ0) is 13.1. The third-order valence-corrected chi connectivity index (χ3v) is 2.42. The second-order valence-electron chi connectivity index (χ2n) is 3.64. The van der Waals surface area contributed by atoms with E-state index in [1.807, 2.05) is 0 Å². The Kier molecular flexibility index (Phi) is 3.36. The molecule has 0 aromatic heterocycles. The van der Waals surface area contributed by atoms with E-state index >= 15 is 0 Å². The van der Waals surface area contributed by atoms with E-state index in [-0.39, 0.29) is 6.42 Å². The molecule has 0 saturated heterocycles. The molecular formula is C12H13NO5. The second-order valence-corrected chi connectivity index (χ2v) is 3.64. The molecule has 1 aromatic carbocycles. The number of fused-ring (bicyclic) bond motifs is 1. The summed E-state index contributed by atoms with van der Waals surface area (Å²) in [4.78, 5) is 22.8. The first kappa shape index (κ1) is 12.2. The Morgan fingerprint density at radius 1 is 1.50 bits per heavy atom. The van der Waals surface area contributed by atoms with Crippen molar-refractivity contribution in [2.45, 2.75) is 19.6 Å². The molecule has 6 nitrogen and oxygen atoms in total. The minimum Gasteiger partial charge on any atom is -0.497 e. The maximum Gasteiger partial charge on any atom is 0.324 e. The van der Waals surface area contributed by atoms with Crippen molar-refractivity contribution in [3.05, 3.63) is 18.2 Å². The highest BCUT2D eigenvalue weighted by Gasteiger charge is 2.30. The molecule has 0 aliphatic carbocycles. The third kappa shape index (κ3) is 2.37. The largest absolute Gasteiger partial charge is 0.497 e. The maximum atomic E-state index is 11.7. The smallest absolute Gasteiger partial charge is 0.324 e. The van der Waals surface area contributed by atoms with E-state index in [0.29, 0.717) is 17.2 Å². The second kappa shape index (κ2) is 4.95. The fourth-order valence-corrected chi connectivity index (χ4v) is 1.48. The van der Waals surface area contributed by atoms with Crippen LogP contribution in [-0.4, -0.2) is 25.3 Å². The van der Waals surface area contributed by atoms with Crippen molar-refractivity contribution in [3.8, 4) is 11.5 Å². The number of benzene rings is 1. The highest BCUT2D eigenvalue weighted by molar-refractivity contribution is 5.98. The summed E-state index contributed by atoms with van der Waals surface area (Å²) >= 11 is 0. The quantitative estimate of drug-likeness (QED) is 0.820. The Morgan fingerprint density at radius 3 is 2.94 bits per heavy atom. The average Bonchev–Trinajstić information content (AvgIpc) is 2.38. The van der Waals surface area contributed by atoms with Crippen LogP contribution in [0.25, 0.3) is 0 Å². The summed E-state index contributed by atoms with van der Waals surface area (Å²) in [6, 6.07) is 4.96.